The van der Waals surface area contributed by atoms with Crippen molar-refractivity contribution >= 4 is 11.9 Å². The van der Waals surface area contributed by atoms with E-state index in [0.717, 1.165) is 0 Å². The summed E-state index contributed by atoms with van der Waals surface area (Å²) in [6, 6.07) is 0. The number of rotatable bonds is 10. The highest BCUT2D eigenvalue weighted by Gasteiger charge is 2.24. The molecule has 112 valence electrons. The number of carbonyl (C=O) groups excluding carboxylic acids is 1. The van der Waals surface area contributed by atoms with Crippen LogP contribution in [-0.4, -0.2) is 48.4 Å². The number of ether oxygens (including phenoxy) is 2. The summed E-state index contributed by atoms with van der Waals surface area (Å²) in [6.07, 6.45) is -0.184. The van der Waals surface area contributed by atoms with E-state index in [2.05, 4.69) is 5.32 Å². The van der Waals surface area contributed by atoms with E-state index in [-0.39, 0.29) is 12.3 Å². The van der Waals surface area contributed by atoms with Gasteiger partial charge >= 0.3 is 5.97 Å². The van der Waals surface area contributed by atoms with Crippen molar-refractivity contribution in [1.82, 2.24) is 5.32 Å². The molecular formula is C13H25NO5. The Balaban J connectivity index is 4.01. The molecule has 0 aromatic rings. The summed E-state index contributed by atoms with van der Waals surface area (Å²) in [4.78, 5) is 22.4. The van der Waals surface area contributed by atoms with Gasteiger partial charge in [-0.3, -0.25) is 9.59 Å². The standard InChI is InChI=1S/C13H25NO5/c1-5-18-8-9-19-10(2)12(17)14-13(3,4)7-6-11(15)16/h10H,5-9H2,1-4H3,(H,14,17)(H,15,16). The highest BCUT2D eigenvalue weighted by Crippen LogP contribution is 2.11. The fourth-order valence-electron chi connectivity index (χ4n) is 1.42. The van der Waals surface area contributed by atoms with Crippen molar-refractivity contribution in [3.05, 3.63) is 0 Å². The minimum atomic E-state index is -0.872. The molecule has 1 amide bonds. The number of carbonyl (C=O) groups is 2. The van der Waals surface area contributed by atoms with Gasteiger partial charge in [-0.15, -0.1) is 0 Å². The van der Waals surface area contributed by atoms with E-state index in [1.54, 1.807) is 20.8 Å². The molecule has 1 atom stereocenters. The lowest BCUT2D eigenvalue weighted by Crippen LogP contribution is -2.48. The van der Waals surface area contributed by atoms with E-state index in [0.29, 0.717) is 26.2 Å². The van der Waals surface area contributed by atoms with Crippen molar-refractivity contribution in [2.45, 2.75) is 52.2 Å². The summed E-state index contributed by atoms with van der Waals surface area (Å²) < 4.78 is 10.4. The Hall–Kier alpha value is -1.14. The number of hydrogen-bond donors (Lipinski definition) is 2. The molecule has 0 aromatic carbocycles. The van der Waals surface area contributed by atoms with Gasteiger partial charge in [-0.05, 0) is 34.1 Å². The number of nitrogens with one attached hydrogen (secondary N) is 1. The summed E-state index contributed by atoms with van der Waals surface area (Å²) in [5.74, 6) is -1.12. The first-order valence-electron chi connectivity index (χ1n) is 6.51. The summed E-state index contributed by atoms with van der Waals surface area (Å²) in [6.45, 7) is 8.57. The van der Waals surface area contributed by atoms with Crippen molar-refractivity contribution in [2.24, 2.45) is 0 Å². The summed E-state index contributed by atoms with van der Waals surface area (Å²) >= 11 is 0. The molecule has 0 rings (SSSR count). The molecule has 0 bridgehead atoms. The van der Waals surface area contributed by atoms with Gasteiger partial charge in [0.15, 0.2) is 0 Å². The van der Waals surface area contributed by atoms with E-state index in [1.165, 1.54) is 0 Å². The monoisotopic (exact) mass is 275 g/mol. The van der Waals surface area contributed by atoms with Crippen molar-refractivity contribution in [3.63, 3.8) is 0 Å². The molecule has 1 unspecified atom stereocenters. The van der Waals surface area contributed by atoms with Crippen LogP contribution in [0.1, 0.15) is 40.5 Å². The van der Waals surface area contributed by atoms with Crippen LogP contribution in [0.2, 0.25) is 0 Å². The number of aliphatic carboxylic acids is 1. The zero-order chi connectivity index (χ0) is 14.9. The Labute approximate surface area is 114 Å². The molecule has 6 nitrogen and oxygen atoms in total. The number of carboxylic acid groups (broad SMARTS) is 1. The lowest BCUT2D eigenvalue weighted by molar-refractivity contribution is -0.139. The zero-order valence-corrected chi connectivity index (χ0v) is 12.2. The van der Waals surface area contributed by atoms with Crippen molar-refractivity contribution in [1.29, 1.82) is 0 Å². The molecule has 0 aliphatic carbocycles. The lowest BCUT2D eigenvalue weighted by atomic mass is 9.98. The molecule has 0 aliphatic heterocycles. The molecule has 6 heteroatoms. The molecule has 0 heterocycles. The quantitative estimate of drug-likeness (QED) is 0.585. The summed E-state index contributed by atoms with van der Waals surface area (Å²) in [5, 5.41) is 11.4. The second-order valence-electron chi connectivity index (χ2n) is 4.98. The molecule has 0 saturated heterocycles. The van der Waals surface area contributed by atoms with Crippen LogP contribution in [0, 0.1) is 0 Å². The molecule has 19 heavy (non-hydrogen) atoms. The van der Waals surface area contributed by atoms with Gasteiger partial charge in [0.25, 0.3) is 0 Å². The smallest absolute Gasteiger partial charge is 0.303 e. The highest BCUT2D eigenvalue weighted by atomic mass is 16.5. The Kier molecular flexibility index (Phi) is 8.34. The normalized spacial score (nSPS) is 13.1. The molecule has 0 radical (unpaired) electrons. The third-order valence-electron chi connectivity index (χ3n) is 2.59. The molecule has 0 aliphatic rings. The van der Waals surface area contributed by atoms with Gasteiger partial charge in [0.2, 0.25) is 5.91 Å². The molecule has 0 saturated carbocycles. The van der Waals surface area contributed by atoms with Gasteiger partial charge in [-0.25, -0.2) is 0 Å². The fourth-order valence-corrected chi connectivity index (χ4v) is 1.42. The lowest BCUT2D eigenvalue weighted by Gasteiger charge is -2.27. The number of carboxylic acids is 1. The second kappa shape index (κ2) is 8.87. The molecule has 0 spiro atoms. The van der Waals surface area contributed by atoms with Crippen LogP contribution in [-0.2, 0) is 19.1 Å². The Morgan fingerprint density at radius 3 is 2.47 bits per heavy atom. The molecule has 2 N–H and O–H groups in total. The summed E-state index contributed by atoms with van der Waals surface area (Å²) in [7, 11) is 0. The fraction of sp³-hybridized carbons (Fsp3) is 0.846. The Morgan fingerprint density at radius 2 is 1.95 bits per heavy atom. The van der Waals surface area contributed by atoms with Crippen LogP contribution in [0.5, 0.6) is 0 Å². The van der Waals surface area contributed by atoms with Crippen LogP contribution in [0.3, 0.4) is 0 Å². The van der Waals surface area contributed by atoms with Crippen molar-refractivity contribution in [2.75, 3.05) is 19.8 Å². The topological polar surface area (TPSA) is 84.9 Å². The average Bonchev–Trinajstić information content (AvgIpc) is 2.31. The summed E-state index contributed by atoms with van der Waals surface area (Å²) in [5.41, 5.74) is -0.562. The maximum atomic E-state index is 11.8. The highest BCUT2D eigenvalue weighted by molar-refractivity contribution is 5.81. The van der Waals surface area contributed by atoms with Crippen LogP contribution in [0.15, 0.2) is 0 Å². The van der Waals surface area contributed by atoms with E-state index in [9.17, 15) is 9.59 Å². The zero-order valence-electron chi connectivity index (χ0n) is 12.2. The Bertz CT molecular complexity index is 291. The SMILES string of the molecule is CCOCCOC(C)C(=O)NC(C)(C)CCC(=O)O. The van der Waals surface area contributed by atoms with Crippen LogP contribution in [0.25, 0.3) is 0 Å². The van der Waals surface area contributed by atoms with E-state index in [4.69, 9.17) is 14.6 Å². The van der Waals surface area contributed by atoms with Crippen LogP contribution >= 0.6 is 0 Å². The number of amides is 1. The van der Waals surface area contributed by atoms with Gasteiger partial charge in [0, 0.05) is 18.6 Å². The predicted octanol–water partition coefficient (Wildman–Crippen LogP) is 1.19. The van der Waals surface area contributed by atoms with E-state index in [1.807, 2.05) is 6.92 Å². The van der Waals surface area contributed by atoms with Gasteiger partial charge in [-0.1, -0.05) is 0 Å². The number of hydrogen-bond acceptors (Lipinski definition) is 4. The minimum Gasteiger partial charge on any atom is -0.481 e. The first kappa shape index (κ1) is 17.9. The van der Waals surface area contributed by atoms with E-state index >= 15 is 0 Å². The van der Waals surface area contributed by atoms with Gasteiger partial charge in [0.05, 0.1) is 13.2 Å². The molecule has 0 fully saturated rings. The third-order valence-corrected chi connectivity index (χ3v) is 2.59. The predicted molar refractivity (Wildman–Crippen MR) is 71.0 cm³/mol. The minimum absolute atomic E-state index is 0.0207. The first-order valence-corrected chi connectivity index (χ1v) is 6.51. The van der Waals surface area contributed by atoms with Crippen LogP contribution < -0.4 is 5.32 Å². The third kappa shape index (κ3) is 9.44. The molecule has 0 aromatic heterocycles. The second-order valence-corrected chi connectivity index (χ2v) is 4.98. The Morgan fingerprint density at radius 1 is 1.32 bits per heavy atom. The van der Waals surface area contributed by atoms with E-state index < -0.39 is 17.6 Å². The van der Waals surface area contributed by atoms with Crippen molar-refractivity contribution < 1.29 is 24.2 Å². The largest absolute Gasteiger partial charge is 0.481 e. The van der Waals surface area contributed by atoms with Crippen molar-refractivity contribution in [3.8, 4) is 0 Å². The maximum absolute atomic E-state index is 11.8. The van der Waals surface area contributed by atoms with Gasteiger partial charge < -0.3 is 19.9 Å². The maximum Gasteiger partial charge on any atom is 0.303 e. The van der Waals surface area contributed by atoms with Crippen LogP contribution in [0.4, 0.5) is 0 Å². The average molecular weight is 275 g/mol. The van der Waals surface area contributed by atoms with Gasteiger partial charge in [-0.2, -0.15) is 0 Å². The molecular weight excluding hydrogens is 250 g/mol. The first-order chi connectivity index (χ1) is 8.78. The van der Waals surface area contributed by atoms with Gasteiger partial charge in [0.1, 0.15) is 6.10 Å².